The van der Waals surface area contributed by atoms with E-state index in [1.165, 1.54) is 25.6 Å². The number of anilines is 1. The number of carbonyl (C=O) groups is 2. The molecule has 1 unspecified atom stereocenters. The molecule has 9 nitrogen and oxygen atoms in total. The van der Waals surface area contributed by atoms with Gasteiger partial charge in [0, 0.05) is 36.2 Å². The average molecular weight is 499 g/mol. The molecule has 0 aliphatic rings. The third-order valence-corrected chi connectivity index (χ3v) is 6.46. The molecule has 0 fully saturated rings. The van der Waals surface area contributed by atoms with Crippen molar-refractivity contribution in [2.24, 2.45) is 0 Å². The van der Waals surface area contributed by atoms with Crippen molar-refractivity contribution in [1.29, 1.82) is 0 Å². The number of nitrogens with zero attached hydrogens (tertiary/aromatic N) is 3. The van der Waals surface area contributed by atoms with Crippen LogP contribution >= 0.6 is 11.3 Å². The van der Waals surface area contributed by atoms with Crippen molar-refractivity contribution in [2.45, 2.75) is 32.7 Å². The Hall–Kier alpha value is -3.66. The number of rotatable bonds is 11. The summed E-state index contributed by atoms with van der Waals surface area (Å²) in [5.41, 5.74) is 1.32. The third kappa shape index (κ3) is 6.69. The molecule has 2 amide bonds. The van der Waals surface area contributed by atoms with Gasteiger partial charge in [-0.2, -0.15) is 0 Å². The molecule has 0 spiro atoms. The lowest BCUT2D eigenvalue weighted by molar-refractivity contribution is -0.116. The molecule has 0 saturated heterocycles. The smallest absolute Gasteiger partial charge is 0.254 e. The van der Waals surface area contributed by atoms with Crippen LogP contribution in [0.2, 0.25) is 0 Å². The van der Waals surface area contributed by atoms with Crippen molar-refractivity contribution < 1.29 is 23.8 Å². The molecule has 0 aliphatic carbocycles. The molecular weight excluding hydrogens is 468 g/mol. The standard InChI is InChI=1S/C25H30N4O5S/c1-6-16(2)29(24(31)18-13-20(33-4)15-21(14-18)34-5)12-11-22(30)26-25-28-27-23(35-25)17-7-9-19(32-3)10-8-17/h7-10,13-16H,6,11-12H2,1-5H3,(H,26,28,30). The lowest BCUT2D eigenvalue weighted by Crippen LogP contribution is -2.40. The van der Waals surface area contributed by atoms with E-state index in [9.17, 15) is 9.59 Å². The average Bonchev–Trinajstić information content (AvgIpc) is 3.36. The fourth-order valence-corrected chi connectivity index (χ4v) is 4.13. The molecule has 3 aromatic rings. The molecule has 0 aliphatic heterocycles. The SMILES string of the molecule is CCC(C)N(CCC(=O)Nc1nnc(-c2ccc(OC)cc2)s1)C(=O)c1cc(OC)cc(OC)c1. The molecule has 0 radical (unpaired) electrons. The second-order valence-corrected chi connectivity index (χ2v) is 8.77. The Morgan fingerprint density at radius 3 is 2.17 bits per heavy atom. The molecule has 2 aromatic carbocycles. The lowest BCUT2D eigenvalue weighted by Gasteiger charge is -2.28. The largest absolute Gasteiger partial charge is 0.497 e. The number of hydrogen-bond acceptors (Lipinski definition) is 8. The molecule has 35 heavy (non-hydrogen) atoms. The minimum Gasteiger partial charge on any atom is -0.497 e. The second-order valence-electron chi connectivity index (χ2n) is 7.80. The minimum absolute atomic E-state index is 0.0595. The van der Waals surface area contributed by atoms with Crippen molar-refractivity contribution in [3.8, 4) is 27.8 Å². The molecular formula is C25H30N4O5S. The molecule has 1 aromatic heterocycles. The first-order valence-corrected chi connectivity index (χ1v) is 12.0. The van der Waals surface area contributed by atoms with Gasteiger partial charge in [0.15, 0.2) is 0 Å². The molecule has 1 N–H and O–H groups in total. The van der Waals surface area contributed by atoms with Crippen molar-refractivity contribution >= 4 is 28.3 Å². The van der Waals surface area contributed by atoms with Gasteiger partial charge in [-0.3, -0.25) is 9.59 Å². The Balaban J connectivity index is 1.66. The highest BCUT2D eigenvalue weighted by molar-refractivity contribution is 7.18. The molecule has 1 heterocycles. The number of methoxy groups -OCH3 is 3. The minimum atomic E-state index is -0.244. The zero-order valence-electron chi connectivity index (χ0n) is 20.5. The quantitative estimate of drug-likeness (QED) is 0.415. The number of aromatic nitrogens is 2. The normalized spacial score (nSPS) is 11.5. The van der Waals surface area contributed by atoms with Crippen molar-refractivity contribution in [1.82, 2.24) is 15.1 Å². The fourth-order valence-electron chi connectivity index (χ4n) is 3.37. The van der Waals surface area contributed by atoms with Gasteiger partial charge in [0.25, 0.3) is 5.91 Å². The highest BCUT2D eigenvalue weighted by Crippen LogP contribution is 2.28. The monoisotopic (exact) mass is 498 g/mol. The van der Waals surface area contributed by atoms with Crippen LogP contribution in [-0.4, -0.2) is 60.8 Å². The Kier molecular flexibility index (Phi) is 9.02. The van der Waals surface area contributed by atoms with Crippen LogP contribution in [0.25, 0.3) is 10.6 Å². The summed E-state index contributed by atoms with van der Waals surface area (Å²) in [6, 6.07) is 12.4. The summed E-state index contributed by atoms with van der Waals surface area (Å²) in [5.74, 6) is 1.37. The third-order valence-electron chi connectivity index (χ3n) is 5.57. The maximum Gasteiger partial charge on any atom is 0.254 e. The maximum absolute atomic E-state index is 13.3. The van der Waals surface area contributed by atoms with E-state index in [-0.39, 0.29) is 30.8 Å². The van der Waals surface area contributed by atoms with E-state index in [1.54, 1.807) is 30.2 Å². The summed E-state index contributed by atoms with van der Waals surface area (Å²) in [7, 11) is 4.68. The van der Waals surface area contributed by atoms with Crippen LogP contribution in [0, 0.1) is 0 Å². The maximum atomic E-state index is 13.3. The zero-order chi connectivity index (χ0) is 25.4. The molecule has 3 rings (SSSR count). The summed E-state index contributed by atoms with van der Waals surface area (Å²) >= 11 is 1.28. The topological polar surface area (TPSA) is 103 Å². The highest BCUT2D eigenvalue weighted by atomic mass is 32.1. The second kappa shape index (κ2) is 12.2. The van der Waals surface area contributed by atoms with E-state index < -0.39 is 0 Å². The van der Waals surface area contributed by atoms with Crippen LogP contribution in [0.3, 0.4) is 0 Å². The molecule has 1 atom stereocenters. The fraction of sp³-hybridized carbons (Fsp3) is 0.360. The van der Waals surface area contributed by atoms with E-state index in [0.717, 1.165) is 17.7 Å². The van der Waals surface area contributed by atoms with Gasteiger partial charge in [-0.1, -0.05) is 18.3 Å². The highest BCUT2D eigenvalue weighted by Gasteiger charge is 2.23. The van der Waals surface area contributed by atoms with Gasteiger partial charge >= 0.3 is 0 Å². The van der Waals surface area contributed by atoms with Gasteiger partial charge < -0.3 is 24.4 Å². The summed E-state index contributed by atoms with van der Waals surface area (Å²) in [6.45, 7) is 4.21. The summed E-state index contributed by atoms with van der Waals surface area (Å²) < 4.78 is 15.8. The van der Waals surface area contributed by atoms with Crippen LogP contribution in [0.15, 0.2) is 42.5 Å². The number of hydrogen-bond donors (Lipinski definition) is 1. The zero-order valence-corrected chi connectivity index (χ0v) is 21.3. The number of benzene rings is 2. The van der Waals surface area contributed by atoms with E-state index in [1.807, 2.05) is 38.1 Å². The first-order valence-electron chi connectivity index (χ1n) is 11.2. The Bertz CT molecular complexity index is 1130. The van der Waals surface area contributed by atoms with Gasteiger partial charge in [0.05, 0.1) is 21.3 Å². The number of amides is 2. The molecule has 0 bridgehead atoms. The van der Waals surface area contributed by atoms with Gasteiger partial charge in [0.2, 0.25) is 11.0 Å². The van der Waals surface area contributed by atoms with E-state index in [2.05, 4.69) is 15.5 Å². The van der Waals surface area contributed by atoms with Crippen molar-refractivity contribution in [3.63, 3.8) is 0 Å². The van der Waals surface area contributed by atoms with E-state index in [4.69, 9.17) is 14.2 Å². The van der Waals surface area contributed by atoms with Crippen molar-refractivity contribution in [3.05, 3.63) is 48.0 Å². The number of nitrogens with one attached hydrogen (secondary N) is 1. The van der Waals surface area contributed by atoms with Crippen LogP contribution in [0.4, 0.5) is 5.13 Å². The Morgan fingerprint density at radius 1 is 0.971 bits per heavy atom. The predicted octanol–water partition coefficient (Wildman–Crippen LogP) is 4.50. The number of ether oxygens (including phenoxy) is 3. The van der Waals surface area contributed by atoms with E-state index >= 15 is 0 Å². The lowest BCUT2D eigenvalue weighted by atomic mass is 10.1. The number of carbonyl (C=O) groups excluding carboxylic acids is 2. The van der Waals surface area contributed by atoms with Gasteiger partial charge in [-0.15, -0.1) is 10.2 Å². The van der Waals surface area contributed by atoms with Gasteiger partial charge in [-0.25, -0.2) is 0 Å². The Labute approximate surface area is 209 Å². The van der Waals surface area contributed by atoms with Crippen LogP contribution in [0.5, 0.6) is 17.2 Å². The molecule has 186 valence electrons. The first-order chi connectivity index (χ1) is 16.9. The molecule has 10 heteroatoms. The summed E-state index contributed by atoms with van der Waals surface area (Å²) in [6.07, 6.45) is 0.866. The first kappa shape index (κ1) is 26.0. The summed E-state index contributed by atoms with van der Waals surface area (Å²) in [5, 5.41) is 12.1. The van der Waals surface area contributed by atoms with Gasteiger partial charge in [0.1, 0.15) is 22.3 Å². The Morgan fingerprint density at radius 2 is 1.60 bits per heavy atom. The van der Waals surface area contributed by atoms with Crippen LogP contribution in [0.1, 0.15) is 37.0 Å². The van der Waals surface area contributed by atoms with Crippen molar-refractivity contribution in [2.75, 3.05) is 33.2 Å². The summed E-state index contributed by atoms with van der Waals surface area (Å²) in [4.78, 5) is 27.7. The predicted molar refractivity (Wildman–Crippen MR) is 135 cm³/mol. The van der Waals surface area contributed by atoms with E-state index in [0.29, 0.717) is 27.2 Å². The van der Waals surface area contributed by atoms with Crippen LogP contribution < -0.4 is 19.5 Å². The van der Waals surface area contributed by atoms with Crippen LogP contribution in [-0.2, 0) is 4.79 Å². The van der Waals surface area contributed by atoms with Gasteiger partial charge in [-0.05, 0) is 49.7 Å². The molecule has 0 saturated carbocycles.